The fourth-order valence-electron chi connectivity index (χ4n) is 1.97. The van der Waals surface area contributed by atoms with Crippen LogP contribution >= 0.6 is 0 Å². The molecule has 3 N–H and O–H groups in total. The van der Waals surface area contributed by atoms with Gasteiger partial charge >= 0.3 is 0 Å². The lowest BCUT2D eigenvalue weighted by Crippen LogP contribution is -2.18. The first kappa shape index (κ1) is 11.0. The normalized spacial score (nSPS) is 16.5. The van der Waals surface area contributed by atoms with Crippen LogP contribution in [0.3, 0.4) is 0 Å². The monoisotopic (exact) mass is 245 g/mol. The molecular weight excluding hydrogens is 230 g/mol. The Hall–Kier alpha value is -2.11. The van der Waals surface area contributed by atoms with Crippen LogP contribution in [-0.2, 0) is 0 Å². The van der Waals surface area contributed by atoms with Crippen molar-refractivity contribution >= 4 is 5.95 Å². The number of hydrogen-bond donors (Lipinski definition) is 3. The maximum absolute atomic E-state index is 11.2. The summed E-state index contributed by atoms with van der Waals surface area (Å²) in [6, 6.07) is 3.68. The maximum atomic E-state index is 11.2. The number of pyridine rings is 1. The Morgan fingerprint density at radius 2 is 2.33 bits per heavy atom. The van der Waals surface area contributed by atoms with Gasteiger partial charge in [-0.1, -0.05) is 0 Å². The van der Waals surface area contributed by atoms with E-state index in [0.29, 0.717) is 17.8 Å². The minimum Gasteiger partial charge on any atom is -0.350 e. The molecule has 1 aliphatic rings. The van der Waals surface area contributed by atoms with Gasteiger partial charge in [0.2, 0.25) is 11.5 Å². The van der Waals surface area contributed by atoms with E-state index < -0.39 is 0 Å². The van der Waals surface area contributed by atoms with Crippen LogP contribution in [-0.4, -0.2) is 26.2 Å². The van der Waals surface area contributed by atoms with Crippen LogP contribution in [0.4, 0.5) is 5.95 Å². The fraction of sp³-hybridized carbons (Fsp3) is 0.417. The summed E-state index contributed by atoms with van der Waals surface area (Å²) in [5.41, 5.74) is 0.586. The predicted molar refractivity (Wildman–Crippen MR) is 68.2 cm³/mol. The molecule has 0 bridgehead atoms. The van der Waals surface area contributed by atoms with Gasteiger partial charge in [0.05, 0.1) is 0 Å². The molecule has 1 aliphatic carbocycles. The Morgan fingerprint density at radius 3 is 3.06 bits per heavy atom. The molecule has 0 aromatic carbocycles. The Morgan fingerprint density at radius 1 is 1.50 bits per heavy atom. The van der Waals surface area contributed by atoms with Crippen LogP contribution in [0.15, 0.2) is 23.1 Å². The van der Waals surface area contributed by atoms with Crippen LogP contribution in [0.2, 0.25) is 0 Å². The standard InChI is InChI=1S/C12H15N5O/c1-7(8-2-3-8)14-12-15-11(16-17-12)9-4-5-13-10(18)6-9/h4-8H,2-3H2,1H3,(H,13,18)(H2,14,15,16,17). The lowest BCUT2D eigenvalue weighted by atomic mass is 10.2. The highest BCUT2D eigenvalue weighted by Gasteiger charge is 2.28. The van der Waals surface area contributed by atoms with E-state index in [9.17, 15) is 4.79 Å². The average Bonchev–Trinajstić information content (AvgIpc) is 3.10. The lowest BCUT2D eigenvalue weighted by molar-refractivity contribution is 0.687. The molecule has 1 unspecified atom stereocenters. The molecule has 1 atom stereocenters. The maximum Gasteiger partial charge on any atom is 0.248 e. The highest BCUT2D eigenvalue weighted by molar-refractivity contribution is 5.54. The number of aromatic amines is 2. The second-order valence-electron chi connectivity index (χ2n) is 4.72. The number of H-pyrrole nitrogens is 2. The summed E-state index contributed by atoms with van der Waals surface area (Å²) in [7, 11) is 0. The second kappa shape index (κ2) is 4.29. The molecule has 1 saturated carbocycles. The van der Waals surface area contributed by atoms with Crippen molar-refractivity contribution in [2.75, 3.05) is 5.32 Å². The van der Waals surface area contributed by atoms with Gasteiger partial charge in [-0.15, -0.1) is 5.10 Å². The first-order valence-corrected chi connectivity index (χ1v) is 6.10. The van der Waals surface area contributed by atoms with Gasteiger partial charge in [-0.05, 0) is 31.7 Å². The van der Waals surface area contributed by atoms with Crippen molar-refractivity contribution in [2.45, 2.75) is 25.8 Å². The van der Waals surface area contributed by atoms with Gasteiger partial charge in [0.15, 0.2) is 5.82 Å². The summed E-state index contributed by atoms with van der Waals surface area (Å²) < 4.78 is 0. The van der Waals surface area contributed by atoms with E-state index in [1.54, 1.807) is 12.3 Å². The lowest BCUT2D eigenvalue weighted by Gasteiger charge is -2.09. The fourth-order valence-corrected chi connectivity index (χ4v) is 1.97. The molecular formula is C12H15N5O. The van der Waals surface area contributed by atoms with Crippen molar-refractivity contribution in [3.05, 3.63) is 28.7 Å². The summed E-state index contributed by atoms with van der Waals surface area (Å²) in [4.78, 5) is 18.1. The smallest absolute Gasteiger partial charge is 0.248 e. The van der Waals surface area contributed by atoms with Crippen LogP contribution in [0.25, 0.3) is 11.4 Å². The highest BCUT2D eigenvalue weighted by atomic mass is 16.1. The summed E-state index contributed by atoms with van der Waals surface area (Å²) in [6.07, 6.45) is 4.15. The van der Waals surface area contributed by atoms with Crippen LogP contribution in [0, 0.1) is 5.92 Å². The third-order valence-corrected chi connectivity index (χ3v) is 3.22. The first-order chi connectivity index (χ1) is 8.72. The molecule has 2 aromatic heterocycles. The third-order valence-electron chi connectivity index (χ3n) is 3.22. The van der Waals surface area contributed by atoms with E-state index in [0.717, 1.165) is 11.5 Å². The Kier molecular flexibility index (Phi) is 2.62. The van der Waals surface area contributed by atoms with Gasteiger partial charge in [0.25, 0.3) is 0 Å². The molecule has 18 heavy (non-hydrogen) atoms. The molecule has 94 valence electrons. The zero-order chi connectivity index (χ0) is 12.5. The largest absolute Gasteiger partial charge is 0.350 e. The molecule has 3 rings (SSSR count). The molecule has 2 heterocycles. The van der Waals surface area contributed by atoms with Gasteiger partial charge in [0.1, 0.15) is 0 Å². The van der Waals surface area contributed by atoms with E-state index in [1.807, 2.05) is 0 Å². The average molecular weight is 245 g/mol. The van der Waals surface area contributed by atoms with E-state index >= 15 is 0 Å². The van der Waals surface area contributed by atoms with Crippen molar-refractivity contribution in [3.8, 4) is 11.4 Å². The quantitative estimate of drug-likeness (QED) is 0.759. The number of hydrogen-bond acceptors (Lipinski definition) is 4. The second-order valence-corrected chi connectivity index (χ2v) is 4.72. The van der Waals surface area contributed by atoms with Crippen LogP contribution in [0.1, 0.15) is 19.8 Å². The van der Waals surface area contributed by atoms with E-state index in [1.165, 1.54) is 18.9 Å². The van der Waals surface area contributed by atoms with Gasteiger partial charge in [0, 0.05) is 23.9 Å². The minimum atomic E-state index is -0.148. The van der Waals surface area contributed by atoms with Crippen molar-refractivity contribution in [3.63, 3.8) is 0 Å². The van der Waals surface area contributed by atoms with Gasteiger partial charge in [-0.25, -0.2) is 0 Å². The topological polar surface area (TPSA) is 86.5 Å². The number of nitrogens with one attached hydrogen (secondary N) is 3. The Bertz CT molecular complexity index is 598. The summed E-state index contributed by atoms with van der Waals surface area (Å²) in [6.45, 7) is 2.14. The molecule has 0 aliphatic heterocycles. The summed E-state index contributed by atoms with van der Waals surface area (Å²) in [5.74, 6) is 1.93. The molecule has 1 fully saturated rings. The van der Waals surface area contributed by atoms with Crippen LogP contribution < -0.4 is 10.9 Å². The first-order valence-electron chi connectivity index (χ1n) is 6.10. The molecule has 0 saturated heterocycles. The third kappa shape index (κ3) is 2.27. The zero-order valence-corrected chi connectivity index (χ0v) is 10.1. The molecule has 6 nitrogen and oxygen atoms in total. The van der Waals surface area contributed by atoms with Crippen molar-refractivity contribution in [1.29, 1.82) is 0 Å². The van der Waals surface area contributed by atoms with Gasteiger partial charge in [-0.2, -0.15) is 4.98 Å². The number of rotatable bonds is 4. The van der Waals surface area contributed by atoms with E-state index in [-0.39, 0.29) is 5.56 Å². The predicted octanol–water partition coefficient (Wildman–Crippen LogP) is 1.37. The van der Waals surface area contributed by atoms with E-state index in [4.69, 9.17) is 0 Å². The van der Waals surface area contributed by atoms with Crippen molar-refractivity contribution < 1.29 is 0 Å². The van der Waals surface area contributed by atoms with Crippen molar-refractivity contribution in [2.24, 2.45) is 5.92 Å². The van der Waals surface area contributed by atoms with Crippen molar-refractivity contribution in [1.82, 2.24) is 20.2 Å². The summed E-state index contributed by atoms with van der Waals surface area (Å²) in [5, 5.41) is 10.2. The Balaban J connectivity index is 1.78. The molecule has 0 radical (unpaired) electrons. The SMILES string of the molecule is CC(Nc1n[nH]c(-c2cc[nH]c(=O)c2)n1)C1CC1. The summed E-state index contributed by atoms with van der Waals surface area (Å²) >= 11 is 0. The van der Waals surface area contributed by atoms with Crippen LogP contribution in [0.5, 0.6) is 0 Å². The molecule has 0 spiro atoms. The number of anilines is 1. The Labute approximate surface area is 104 Å². The molecule has 0 amide bonds. The minimum absolute atomic E-state index is 0.148. The highest BCUT2D eigenvalue weighted by Crippen LogP contribution is 2.33. The molecule has 2 aromatic rings. The zero-order valence-electron chi connectivity index (χ0n) is 10.1. The molecule has 6 heteroatoms. The number of aromatic nitrogens is 4. The number of nitrogens with zero attached hydrogens (tertiary/aromatic N) is 2. The van der Waals surface area contributed by atoms with Gasteiger partial charge < -0.3 is 10.3 Å². The van der Waals surface area contributed by atoms with Gasteiger partial charge in [-0.3, -0.25) is 9.89 Å². The van der Waals surface area contributed by atoms with E-state index in [2.05, 4.69) is 32.4 Å².